The highest BCUT2D eigenvalue weighted by molar-refractivity contribution is 7.88. The zero-order valence-corrected chi connectivity index (χ0v) is 13.8. The van der Waals surface area contributed by atoms with Crippen LogP contribution in [-0.2, 0) is 16.4 Å². The van der Waals surface area contributed by atoms with E-state index in [-0.39, 0.29) is 0 Å². The molecule has 1 aromatic carbocycles. The van der Waals surface area contributed by atoms with Crippen LogP contribution in [0.4, 0.5) is 11.4 Å². The molecule has 3 N–H and O–H groups in total. The lowest BCUT2D eigenvalue weighted by molar-refractivity contribution is 0.388. The third kappa shape index (κ3) is 3.60. The van der Waals surface area contributed by atoms with Crippen LogP contribution in [0.1, 0.15) is 12.5 Å². The van der Waals surface area contributed by atoms with Crippen LogP contribution in [0.2, 0.25) is 5.02 Å². The Hall–Kier alpha value is -1.02. The number of hydrazine groups is 1. The molecule has 0 saturated carbocycles. The molecule has 0 unspecified atom stereocenters. The molecular formula is C13H21ClN4O2S. The number of sulfonamides is 1. The summed E-state index contributed by atoms with van der Waals surface area (Å²) < 4.78 is 24.6. The van der Waals surface area contributed by atoms with Crippen molar-refractivity contribution in [1.82, 2.24) is 4.31 Å². The van der Waals surface area contributed by atoms with Crippen LogP contribution < -0.4 is 16.2 Å². The zero-order chi connectivity index (χ0) is 15.6. The molecule has 21 heavy (non-hydrogen) atoms. The second kappa shape index (κ2) is 6.39. The van der Waals surface area contributed by atoms with Gasteiger partial charge in [0.15, 0.2) is 0 Å². The van der Waals surface area contributed by atoms with E-state index in [1.54, 1.807) is 6.07 Å². The Balaban J connectivity index is 2.26. The first kappa shape index (κ1) is 16.4. The van der Waals surface area contributed by atoms with Crippen LogP contribution in [0, 0.1) is 0 Å². The minimum Gasteiger partial charge on any atom is -0.369 e. The van der Waals surface area contributed by atoms with Gasteiger partial charge in [-0.1, -0.05) is 18.5 Å². The van der Waals surface area contributed by atoms with Gasteiger partial charge in [-0.25, -0.2) is 8.42 Å². The first-order chi connectivity index (χ1) is 9.86. The molecule has 0 atom stereocenters. The van der Waals surface area contributed by atoms with Crippen molar-refractivity contribution in [2.75, 3.05) is 42.8 Å². The molecule has 1 aromatic rings. The molecule has 1 aliphatic rings. The third-order valence-electron chi connectivity index (χ3n) is 3.75. The molecule has 1 heterocycles. The molecule has 118 valence electrons. The summed E-state index contributed by atoms with van der Waals surface area (Å²) in [5, 5.41) is 0.612. The SMILES string of the molecule is CCc1c(NN)cc(Cl)cc1N1CCN(S(C)(=O)=O)CC1. The van der Waals surface area contributed by atoms with Crippen molar-refractivity contribution in [1.29, 1.82) is 0 Å². The standard InChI is InChI=1S/C13H21ClN4O2S/c1-3-11-12(16-15)8-10(14)9-13(11)17-4-6-18(7-5-17)21(2,19)20/h8-9,16H,3-7,15H2,1-2H3. The number of hydrogen-bond acceptors (Lipinski definition) is 5. The maximum atomic E-state index is 11.6. The monoisotopic (exact) mass is 332 g/mol. The maximum absolute atomic E-state index is 11.6. The van der Waals surface area contributed by atoms with E-state index >= 15 is 0 Å². The number of benzene rings is 1. The van der Waals surface area contributed by atoms with E-state index in [0.29, 0.717) is 31.2 Å². The van der Waals surface area contributed by atoms with Gasteiger partial charge in [0.2, 0.25) is 10.0 Å². The number of anilines is 2. The largest absolute Gasteiger partial charge is 0.369 e. The second-order valence-corrected chi connectivity index (χ2v) is 7.52. The summed E-state index contributed by atoms with van der Waals surface area (Å²) in [4.78, 5) is 2.16. The number of piperazine rings is 1. The van der Waals surface area contributed by atoms with E-state index in [0.717, 1.165) is 23.4 Å². The Morgan fingerprint density at radius 1 is 1.29 bits per heavy atom. The third-order valence-corrected chi connectivity index (χ3v) is 5.27. The van der Waals surface area contributed by atoms with E-state index in [2.05, 4.69) is 17.2 Å². The minimum atomic E-state index is -3.12. The van der Waals surface area contributed by atoms with Gasteiger partial charge in [-0.15, -0.1) is 0 Å². The number of halogens is 1. The van der Waals surface area contributed by atoms with Crippen LogP contribution in [0.15, 0.2) is 12.1 Å². The Bertz CT molecular complexity index is 613. The van der Waals surface area contributed by atoms with Crippen molar-refractivity contribution in [3.63, 3.8) is 0 Å². The Kier molecular flexibility index (Phi) is 4.98. The van der Waals surface area contributed by atoms with Gasteiger partial charge in [0.05, 0.1) is 11.9 Å². The van der Waals surface area contributed by atoms with Gasteiger partial charge in [-0.3, -0.25) is 5.84 Å². The molecular weight excluding hydrogens is 312 g/mol. The highest BCUT2D eigenvalue weighted by Crippen LogP contribution is 2.32. The highest BCUT2D eigenvalue weighted by atomic mass is 35.5. The van der Waals surface area contributed by atoms with Gasteiger partial charge >= 0.3 is 0 Å². The van der Waals surface area contributed by atoms with Gasteiger partial charge in [-0.2, -0.15) is 4.31 Å². The lowest BCUT2D eigenvalue weighted by atomic mass is 10.1. The van der Waals surface area contributed by atoms with Gasteiger partial charge in [0.25, 0.3) is 0 Å². The molecule has 1 saturated heterocycles. The summed E-state index contributed by atoms with van der Waals surface area (Å²) in [7, 11) is -3.12. The minimum absolute atomic E-state index is 0.486. The predicted molar refractivity (Wildman–Crippen MR) is 87.3 cm³/mol. The number of rotatable bonds is 4. The molecule has 6 nitrogen and oxygen atoms in total. The summed E-state index contributed by atoms with van der Waals surface area (Å²) in [6.07, 6.45) is 2.06. The fraction of sp³-hybridized carbons (Fsp3) is 0.538. The van der Waals surface area contributed by atoms with Crippen LogP contribution >= 0.6 is 11.6 Å². The van der Waals surface area contributed by atoms with E-state index in [9.17, 15) is 8.42 Å². The van der Waals surface area contributed by atoms with Crippen LogP contribution in [-0.4, -0.2) is 45.2 Å². The molecule has 8 heteroatoms. The maximum Gasteiger partial charge on any atom is 0.211 e. The Morgan fingerprint density at radius 3 is 2.38 bits per heavy atom. The normalized spacial score (nSPS) is 17.0. The van der Waals surface area contributed by atoms with Gasteiger partial charge in [-0.05, 0) is 24.1 Å². The molecule has 0 bridgehead atoms. The number of nitrogens with zero attached hydrogens (tertiary/aromatic N) is 2. The molecule has 1 fully saturated rings. The Labute approximate surface area is 130 Å². The van der Waals surface area contributed by atoms with Crippen molar-refractivity contribution in [3.8, 4) is 0 Å². The molecule has 2 rings (SSSR count). The van der Waals surface area contributed by atoms with E-state index < -0.39 is 10.0 Å². The van der Waals surface area contributed by atoms with Crippen molar-refractivity contribution in [2.45, 2.75) is 13.3 Å². The van der Waals surface area contributed by atoms with E-state index in [1.165, 1.54) is 10.6 Å². The van der Waals surface area contributed by atoms with Gasteiger partial charge in [0, 0.05) is 36.9 Å². The second-order valence-electron chi connectivity index (χ2n) is 5.10. The van der Waals surface area contributed by atoms with Crippen LogP contribution in [0.3, 0.4) is 0 Å². The molecule has 0 spiro atoms. The van der Waals surface area contributed by atoms with Crippen LogP contribution in [0.25, 0.3) is 0 Å². The zero-order valence-electron chi connectivity index (χ0n) is 12.3. The van der Waals surface area contributed by atoms with Gasteiger partial charge < -0.3 is 10.3 Å². The lowest BCUT2D eigenvalue weighted by Gasteiger charge is -2.36. The van der Waals surface area contributed by atoms with E-state index in [4.69, 9.17) is 17.4 Å². The molecule has 0 radical (unpaired) electrons. The highest BCUT2D eigenvalue weighted by Gasteiger charge is 2.25. The summed E-state index contributed by atoms with van der Waals surface area (Å²) in [5.74, 6) is 5.56. The summed E-state index contributed by atoms with van der Waals surface area (Å²) in [5.41, 5.74) is 5.60. The van der Waals surface area contributed by atoms with Crippen LogP contribution in [0.5, 0.6) is 0 Å². The number of nitrogens with one attached hydrogen (secondary N) is 1. The predicted octanol–water partition coefficient (Wildman–Crippen LogP) is 1.27. The van der Waals surface area contributed by atoms with Crippen molar-refractivity contribution in [2.24, 2.45) is 5.84 Å². The quantitative estimate of drug-likeness (QED) is 0.641. The first-order valence-electron chi connectivity index (χ1n) is 6.86. The summed E-state index contributed by atoms with van der Waals surface area (Å²) in [6, 6.07) is 3.72. The Morgan fingerprint density at radius 2 is 1.90 bits per heavy atom. The number of hydrogen-bond donors (Lipinski definition) is 2. The topological polar surface area (TPSA) is 78.7 Å². The number of nitrogens with two attached hydrogens (primary N) is 1. The van der Waals surface area contributed by atoms with Crippen molar-refractivity contribution < 1.29 is 8.42 Å². The summed E-state index contributed by atoms with van der Waals surface area (Å²) >= 11 is 6.15. The van der Waals surface area contributed by atoms with Gasteiger partial charge in [0.1, 0.15) is 0 Å². The smallest absolute Gasteiger partial charge is 0.211 e. The fourth-order valence-corrected chi connectivity index (χ4v) is 3.70. The molecule has 0 aromatic heterocycles. The average molecular weight is 333 g/mol. The number of nitrogen functional groups attached to an aromatic ring is 1. The van der Waals surface area contributed by atoms with E-state index in [1.807, 2.05) is 6.07 Å². The van der Waals surface area contributed by atoms with Crippen molar-refractivity contribution >= 4 is 33.0 Å². The molecule has 1 aliphatic heterocycles. The summed E-state index contributed by atoms with van der Waals surface area (Å²) in [6.45, 7) is 4.31. The first-order valence-corrected chi connectivity index (χ1v) is 9.08. The average Bonchev–Trinajstić information content (AvgIpc) is 2.45. The molecule has 0 amide bonds. The lowest BCUT2D eigenvalue weighted by Crippen LogP contribution is -2.48. The fourth-order valence-electron chi connectivity index (χ4n) is 2.67. The molecule has 0 aliphatic carbocycles. The van der Waals surface area contributed by atoms with Crippen molar-refractivity contribution in [3.05, 3.63) is 22.7 Å².